The lowest BCUT2D eigenvalue weighted by Crippen LogP contribution is -2.31. The quantitative estimate of drug-likeness (QED) is 0.671. The average molecular weight is 363 g/mol. The fraction of sp³-hybridized carbons (Fsp3) is 0.318. The van der Waals surface area contributed by atoms with Gasteiger partial charge in [-0.2, -0.15) is 4.98 Å². The number of nitrogens with zero attached hydrogens (tertiary/aromatic N) is 2. The first-order chi connectivity index (χ1) is 13.0. The zero-order valence-corrected chi connectivity index (χ0v) is 16.0. The molecular weight excluding hydrogens is 338 g/mol. The molecule has 0 radical (unpaired) electrons. The summed E-state index contributed by atoms with van der Waals surface area (Å²) in [5.41, 5.74) is 3.13. The molecule has 5 nitrogen and oxygen atoms in total. The van der Waals surface area contributed by atoms with Gasteiger partial charge in [-0.1, -0.05) is 73.1 Å². The van der Waals surface area contributed by atoms with E-state index < -0.39 is 0 Å². The zero-order valence-electron chi connectivity index (χ0n) is 16.0. The molecule has 1 N–H and O–H groups in total. The van der Waals surface area contributed by atoms with Crippen LogP contribution in [0, 0.1) is 12.8 Å². The zero-order chi connectivity index (χ0) is 19.2. The van der Waals surface area contributed by atoms with E-state index in [1.807, 2.05) is 75.4 Å². The topological polar surface area (TPSA) is 68.0 Å². The van der Waals surface area contributed by atoms with Crippen LogP contribution in [-0.4, -0.2) is 16.0 Å². The first kappa shape index (κ1) is 18.8. The number of amides is 1. The molecule has 3 aromatic rings. The van der Waals surface area contributed by atoms with Gasteiger partial charge in [0.15, 0.2) is 0 Å². The maximum Gasteiger partial charge on any atom is 0.249 e. The van der Waals surface area contributed by atoms with Crippen LogP contribution in [0.25, 0.3) is 11.4 Å². The van der Waals surface area contributed by atoms with Crippen LogP contribution in [0.15, 0.2) is 59.1 Å². The van der Waals surface area contributed by atoms with Gasteiger partial charge in [0.05, 0.1) is 0 Å². The normalized spacial score (nSPS) is 12.1. The molecule has 0 aliphatic rings. The molecule has 0 bridgehead atoms. The lowest BCUT2D eigenvalue weighted by Gasteiger charge is -2.16. The fourth-order valence-electron chi connectivity index (χ4n) is 2.95. The third-order valence-corrected chi connectivity index (χ3v) is 4.23. The second-order valence-corrected chi connectivity index (χ2v) is 7.23. The molecule has 0 fully saturated rings. The highest BCUT2D eigenvalue weighted by atomic mass is 16.5. The third-order valence-electron chi connectivity index (χ3n) is 4.23. The molecule has 0 aliphatic heterocycles. The highest BCUT2D eigenvalue weighted by molar-refractivity contribution is 5.76. The SMILES string of the molecule is Cc1cccc(-c2noc([C@H](Cc3ccccc3)NC(=O)CC(C)C)n2)c1. The number of aryl methyl sites for hydroxylation is 1. The lowest BCUT2D eigenvalue weighted by molar-refractivity contribution is -0.122. The van der Waals surface area contributed by atoms with E-state index in [1.54, 1.807) is 0 Å². The predicted molar refractivity (Wildman–Crippen MR) is 105 cm³/mol. The van der Waals surface area contributed by atoms with Gasteiger partial charge in [-0.05, 0) is 24.5 Å². The van der Waals surface area contributed by atoms with Gasteiger partial charge in [0, 0.05) is 18.4 Å². The van der Waals surface area contributed by atoms with Gasteiger partial charge in [0.25, 0.3) is 0 Å². The Labute approximate surface area is 159 Å². The molecule has 0 unspecified atom stereocenters. The standard InChI is InChI=1S/C22H25N3O2/c1-15(2)12-20(26)23-19(14-17-9-5-4-6-10-17)22-24-21(25-27-22)18-11-7-8-16(3)13-18/h4-11,13,15,19H,12,14H2,1-3H3,(H,23,26)/t19-/m0/s1. The number of hydrogen-bond donors (Lipinski definition) is 1. The Morgan fingerprint density at radius 2 is 1.89 bits per heavy atom. The molecule has 0 spiro atoms. The Hall–Kier alpha value is -2.95. The number of nitrogens with one attached hydrogen (secondary N) is 1. The number of aromatic nitrogens is 2. The number of hydrogen-bond acceptors (Lipinski definition) is 4. The van der Waals surface area contributed by atoms with E-state index >= 15 is 0 Å². The summed E-state index contributed by atoms with van der Waals surface area (Å²) in [7, 11) is 0. The van der Waals surface area contributed by atoms with E-state index in [4.69, 9.17) is 4.52 Å². The second-order valence-electron chi connectivity index (χ2n) is 7.23. The van der Waals surface area contributed by atoms with Gasteiger partial charge in [0.1, 0.15) is 6.04 Å². The first-order valence-electron chi connectivity index (χ1n) is 9.25. The van der Waals surface area contributed by atoms with Gasteiger partial charge in [0.2, 0.25) is 17.6 Å². The first-order valence-corrected chi connectivity index (χ1v) is 9.25. The summed E-state index contributed by atoms with van der Waals surface area (Å²) in [5, 5.41) is 7.17. The summed E-state index contributed by atoms with van der Waals surface area (Å²) in [6.45, 7) is 6.07. The van der Waals surface area contributed by atoms with Crippen LogP contribution in [0.4, 0.5) is 0 Å². The highest BCUT2D eigenvalue weighted by Gasteiger charge is 2.22. The van der Waals surface area contributed by atoms with E-state index in [-0.39, 0.29) is 17.9 Å². The monoisotopic (exact) mass is 363 g/mol. The Morgan fingerprint density at radius 1 is 1.11 bits per heavy atom. The lowest BCUT2D eigenvalue weighted by atomic mass is 10.0. The molecule has 3 rings (SSSR count). The number of rotatable bonds is 7. The minimum absolute atomic E-state index is 0.0127. The highest BCUT2D eigenvalue weighted by Crippen LogP contribution is 2.22. The molecule has 2 aromatic carbocycles. The number of carbonyl (C=O) groups is 1. The summed E-state index contributed by atoms with van der Waals surface area (Å²) >= 11 is 0. The maximum atomic E-state index is 12.3. The minimum atomic E-state index is -0.357. The Morgan fingerprint density at radius 3 is 2.59 bits per heavy atom. The van der Waals surface area contributed by atoms with Gasteiger partial charge in [-0.25, -0.2) is 0 Å². The molecule has 5 heteroatoms. The summed E-state index contributed by atoms with van der Waals surface area (Å²) in [6, 6.07) is 17.6. The number of benzene rings is 2. The molecule has 140 valence electrons. The second kappa shape index (κ2) is 8.62. The van der Waals surface area contributed by atoms with Crippen molar-refractivity contribution >= 4 is 5.91 Å². The van der Waals surface area contributed by atoms with Crippen molar-refractivity contribution in [2.75, 3.05) is 0 Å². The van der Waals surface area contributed by atoms with Gasteiger partial charge < -0.3 is 9.84 Å². The smallest absolute Gasteiger partial charge is 0.249 e. The van der Waals surface area contributed by atoms with Gasteiger partial charge in [-0.15, -0.1) is 0 Å². The maximum absolute atomic E-state index is 12.3. The van der Waals surface area contributed by atoms with E-state index in [9.17, 15) is 4.79 Å². The predicted octanol–water partition coefficient (Wildman–Crippen LogP) is 4.49. The van der Waals surface area contributed by atoms with E-state index in [2.05, 4.69) is 15.5 Å². The van der Waals surface area contributed by atoms with Crippen molar-refractivity contribution in [1.29, 1.82) is 0 Å². The Kier molecular flexibility index (Phi) is 6.01. The van der Waals surface area contributed by atoms with Crippen LogP contribution in [-0.2, 0) is 11.2 Å². The van der Waals surface area contributed by atoms with Crippen LogP contribution >= 0.6 is 0 Å². The molecule has 1 aromatic heterocycles. The van der Waals surface area contributed by atoms with Crippen molar-refractivity contribution in [2.24, 2.45) is 5.92 Å². The molecule has 0 saturated heterocycles. The summed E-state index contributed by atoms with van der Waals surface area (Å²) in [4.78, 5) is 16.9. The van der Waals surface area contributed by atoms with Crippen LogP contribution in [0.2, 0.25) is 0 Å². The fourth-order valence-corrected chi connectivity index (χ4v) is 2.95. The van der Waals surface area contributed by atoms with Crippen molar-refractivity contribution in [3.8, 4) is 11.4 Å². The molecule has 0 saturated carbocycles. The van der Waals surface area contributed by atoms with Crippen LogP contribution in [0.3, 0.4) is 0 Å². The average Bonchev–Trinajstić information content (AvgIpc) is 3.11. The molecule has 1 atom stereocenters. The Balaban J connectivity index is 1.84. The van der Waals surface area contributed by atoms with Crippen molar-refractivity contribution in [3.63, 3.8) is 0 Å². The molecule has 1 amide bonds. The molecule has 27 heavy (non-hydrogen) atoms. The summed E-state index contributed by atoms with van der Waals surface area (Å²) < 4.78 is 5.52. The van der Waals surface area contributed by atoms with Crippen molar-refractivity contribution in [2.45, 2.75) is 39.7 Å². The largest absolute Gasteiger partial charge is 0.344 e. The summed E-state index contributed by atoms with van der Waals surface area (Å²) in [5.74, 6) is 1.23. The van der Waals surface area contributed by atoms with Crippen molar-refractivity contribution in [3.05, 3.63) is 71.6 Å². The molecule has 1 heterocycles. The van der Waals surface area contributed by atoms with Gasteiger partial charge >= 0.3 is 0 Å². The molecular formula is C22H25N3O2. The number of carbonyl (C=O) groups excluding carboxylic acids is 1. The van der Waals surface area contributed by atoms with E-state index in [1.165, 1.54) is 0 Å². The molecule has 0 aliphatic carbocycles. The minimum Gasteiger partial charge on any atom is -0.344 e. The van der Waals surface area contributed by atoms with Crippen molar-refractivity contribution < 1.29 is 9.32 Å². The van der Waals surface area contributed by atoms with E-state index in [0.717, 1.165) is 16.7 Å². The van der Waals surface area contributed by atoms with Crippen LogP contribution < -0.4 is 5.32 Å². The van der Waals surface area contributed by atoms with Crippen LogP contribution in [0.1, 0.15) is 43.3 Å². The van der Waals surface area contributed by atoms with Crippen LogP contribution in [0.5, 0.6) is 0 Å². The summed E-state index contributed by atoms with van der Waals surface area (Å²) in [6.07, 6.45) is 1.06. The van der Waals surface area contributed by atoms with Gasteiger partial charge in [-0.3, -0.25) is 4.79 Å². The van der Waals surface area contributed by atoms with E-state index in [0.29, 0.717) is 24.6 Å². The van der Waals surface area contributed by atoms with Crippen molar-refractivity contribution in [1.82, 2.24) is 15.5 Å². The third kappa shape index (κ3) is 5.26. The Bertz CT molecular complexity index is 887.